The van der Waals surface area contributed by atoms with Crippen LogP contribution in [-0.4, -0.2) is 99.7 Å². The molecule has 0 saturated carbocycles. The Bertz CT molecular complexity index is 642. The fraction of sp³-hybridized carbons (Fsp3) is 0.682. The van der Waals surface area contributed by atoms with Crippen molar-refractivity contribution in [1.29, 1.82) is 0 Å². The zero-order valence-electron chi connectivity index (χ0n) is 18.5. The van der Waals surface area contributed by atoms with Gasteiger partial charge in [0.05, 0.1) is 5.69 Å². The highest BCUT2D eigenvalue weighted by Crippen LogP contribution is 2.20. The molecule has 0 bridgehead atoms. The third kappa shape index (κ3) is 7.53. The predicted octanol–water partition coefficient (Wildman–Crippen LogP) is 2.56. The number of nitrogens with zero attached hydrogens (tertiary/aromatic N) is 5. The number of aliphatic imine (C=N–C) groups is 1. The van der Waals surface area contributed by atoms with Crippen molar-refractivity contribution in [2.75, 3.05) is 83.9 Å². The minimum Gasteiger partial charge on any atom is -0.366 e. The van der Waals surface area contributed by atoms with Gasteiger partial charge in [0.15, 0.2) is 5.96 Å². The van der Waals surface area contributed by atoms with Crippen molar-refractivity contribution in [1.82, 2.24) is 20.0 Å². The number of piperazine rings is 2. The topological polar surface area (TPSA) is 37.4 Å². The van der Waals surface area contributed by atoms with Crippen LogP contribution < -0.4 is 10.2 Å². The summed E-state index contributed by atoms with van der Waals surface area (Å²) in [6.07, 6.45) is 2.32. The minimum absolute atomic E-state index is 0. The normalized spacial score (nSPS) is 19.0. The number of hydrogen-bond donors (Lipinski definition) is 1. The summed E-state index contributed by atoms with van der Waals surface area (Å²) < 4.78 is 14.0. The number of hydrogen-bond acceptors (Lipinski definition) is 4. The smallest absolute Gasteiger partial charge is 0.194 e. The van der Waals surface area contributed by atoms with E-state index in [4.69, 9.17) is 4.99 Å². The monoisotopic (exact) mass is 532 g/mol. The van der Waals surface area contributed by atoms with Gasteiger partial charge in [0.1, 0.15) is 5.82 Å². The highest BCUT2D eigenvalue weighted by Gasteiger charge is 2.21. The van der Waals surface area contributed by atoms with E-state index in [-0.39, 0.29) is 29.8 Å². The summed E-state index contributed by atoms with van der Waals surface area (Å²) in [6.45, 7) is 13.1. The fourth-order valence-corrected chi connectivity index (χ4v) is 4.00. The molecule has 1 N–H and O–H groups in total. The molecule has 2 aliphatic rings. The average molecular weight is 532 g/mol. The first-order valence-electron chi connectivity index (χ1n) is 11.1. The Morgan fingerprint density at radius 1 is 1.00 bits per heavy atom. The van der Waals surface area contributed by atoms with Crippen LogP contribution in [-0.2, 0) is 0 Å². The van der Waals surface area contributed by atoms with Gasteiger partial charge in [-0.2, -0.15) is 0 Å². The van der Waals surface area contributed by atoms with Gasteiger partial charge in [0, 0.05) is 65.4 Å². The zero-order valence-corrected chi connectivity index (χ0v) is 20.9. The number of para-hydroxylation sites is 1. The van der Waals surface area contributed by atoms with Gasteiger partial charge in [-0.25, -0.2) is 4.39 Å². The molecule has 2 heterocycles. The fourth-order valence-electron chi connectivity index (χ4n) is 4.00. The maximum absolute atomic E-state index is 14.0. The molecule has 1 aromatic carbocycles. The molecule has 8 heteroatoms. The average Bonchev–Trinajstić information content (AvgIpc) is 2.75. The second kappa shape index (κ2) is 13.3. The molecular formula is C22H38FIN6. The molecule has 170 valence electrons. The van der Waals surface area contributed by atoms with Crippen LogP contribution >= 0.6 is 24.0 Å². The molecule has 30 heavy (non-hydrogen) atoms. The van der Waals surface area contributed by atoms with Crippen molar-refractivity contribution >= 4 is 35.6 Å². The molecule has 1 aromatic rings. The molecule has 0 atom stereocenters. The zero-order chi connectivity index (χ0) is 20.5. The first-order valence-corrected chi connectivity index (χ1v) is 11.1. The van der Waals surface area contributed by atoms with Crippen molar-refractivity contribution in [3.05, 3.63) is 30.1 Å². The van der Waals surface area contributed by atoms with E-state index in [1.54, 1.807) is 6.07 Å². The standard InChI is InChI=1S/C22H37FN6.HI/c1-3-24-22(25-10-6-7-11-27-14-12-26(2)13-15-27)29-18-16-28(17-19-29)21-9-5-4-8-20(21)23;/h4-5,8-9H,3,6-7,10-19H2,1-2H3,(H,24,25);1H. The minimum atomic E-state index is -0.137. The summed E-state index contributed by atoms with van der Waals surface area (Å²) in [6, 6.07) is 7.05. The van der Waals surface area contributed by atoms with E-state index in [1.165, 1.54) is 45.2 Å². The molecule has 2 fully saturated rings. The van der Waals surface area contributed by atoms with E-state index in [9.17, 15) is 4.39 Å². The number of rotatable bonds is 7. The van der Waals surface area contributed by atoms with Crippen molar-refractivity contribution in [2.45, 2.75) is 19.8 Å². The summed E-state index contributed by atoms with van der Waals surface area (Å²) in [5.41, 5.74) is 0.706. The van der Waals surface area contributed by atoms with Gasteiger partial charge < -0.3 is 24.9 Å². The maximum atomic E-state index is 14.0. The summed E-state index contributed by atoms with van der Waals surface area (Å²) in [5, 5.41) is 3.43. The molecule has 0 aliphatic carbocycles. The maximum Gasteiger partial charge on any atom is 0.194 e. The highest BCUT2D eigenvalue weighted by atomic mass is 127. The number of nitrogens with one attached hydrogen (secondary N) is 1. The Morgan fingerprint density at radius 3 is 2.37 bits per heavy atom. The lowest BCUT2D eigenvalue weighted by Gasteiger charge is -2.37. The molecule has 2 aliphatic heterocycles. The summed E-state index contributed by atoms with van der Waals surface area (Å²) >= 11 is 0. The van der Waals surface area contributed by atoms with Crippen LogP contribution in [0.1, 0.15) is 19.8 Å². The molecule has 2 saturated heterocycles. The van der Waals surface area contributed by atoms with Crippen molar-refractivity contribution < 1.29 is 4.39 Å². The number of halogens is 2. The van der Waals surface area contributed by atoms with Crippen LogP contribution in [0.5, 0.6) is 0 Å². The van der Waals surface area contributed by atoms with Gasteiger partial charge in [-0.05, 0) is 45.5 Å². The largest absolute Gasteiger partial charge is 0.366 e. The summed E-state index contributed by atoms with van der Waals surface area (Å²) in [5.74, 6) is 0.863. The van der Waals surface area contributed by atoms with E-state index in [0.717, 1.165) is 51.6 Å². The number of benzene rings is 1. The van der Waals surface area contributed by atoms with Crippen molar-refractivity contribution in [2.24, 2.45) is 4.99 Å². The molecule has 0 unspecified atom stereocenters. The Kier molecular flexibility index (Phi) is 11.2. The summed E-state index contributed by atoms with van der Waals surface area (Å²) in [4.78, 5) is 14.3. The molecule has 0 spiro atoms. The van der Waals surface area contributed by atoms with Gasteiger partial charge in [-0.3, -0.25) is 4.99 Å². The van der Waals surface area contributed by atoms with Gasteiger partial charge in [0.25, 0.3) is 0 Å². The van der Waals surface area contributed by atoms with Gasteiger partial charge >= 0.3 is 0 Å². The first kappa shape index (κ1) is 25.1. The van der Waals surface area contributed by atoms with Crippen LogP contribution in [0.3, 0.4) is 0 Å². The molecular weight excluding hydrogens is 494 g/mol. The van der Waals surface area contributed by atoms with E-state index in [2.05, 4.69) is 38.9 Å². The van der Waals surface area contributed by atoms with E-state index < -0.39 is 0 Å². The van der Waals surface area contributed by atoms with E-state index in [0.29, 0.717) is 5.69 Å². The lowest BCUT2D eigenvalue weighted by Crippen LogP contribution is -2.52. The van der Waals surface area contributed by atoms with Gasteiger partial charge in [-0.1, -0.05) is 12.1 Å². The summed E-state index contributed by atoms with van der Waals surface area (Å²) in [7, 11) is 2.20. The number of likely N-dealkylation sites (N-methyl/N-ethyl adjacent to an activating group) is 1. The van der Waals surface area contributed by atoms with Crippen LogP contribution in [0.15, 0.2) is 29.3 Å². The Labute approximate surface area is 198 Å². The van der Waals surface area contributed by atoms with Gasteiger partial charge in [-0.15, -0.1) is 24.0 Å². The van der Waals surface area contributed by atoms with Crippen LogP contribution in [0.4, 0.5) is 10.1 Å². The Balaban J connectivity index is 0.00000320. The van der Waals surface area contributed by atoms with Crippen molar-refractivity contribution in [3.63, 3.8) is 0 Å². The number of unbranched alkanes of at least 4 members (excludes halogenated alkanes) is 1. The van der Waals surface area contributed by atoms with Crippen LogP contribution in [0.25, 0.3) is 0 Å². The predicted molar refractivity (Wildman–Crippen MR) is 135 cm³/mol. The number of guanidine groups is 1. The van der Waals surface area contributed by atoms with Crippen LogP contribution in [0, 0.1) is 5.82 Å². The first-order chi connectivity index (χ1) is 14.2. The Morgan fingerprint density at radius 2 is 1.70 bits per heavy atom. The second-order valence-electron chi connectivity index (χ2n) is 8.01. The van der Waals surface area contributed by atoms with Crippen LogP contribution in [0.2, 0.25) is 0 Å². The second-order valence-corrected chi connectivity index (χ2v) is 8.01. The highest BCUT2D eigenvalue weighted by molar-refractivity contribution is 14.0. The molecule has 6 nitrogen and oxygen atoms in total. The molecule has 0 aromatic heterocycles. The molecule has 0 amide bonds. The molecule has 3 rings (SSSR count). The quantitative estimate of drug-likeness (QED) is 0.253. The van der Waals surface area contributed by atoms with E-state index >= 15 is 0 Å². The lowest BCUT2D eigenvalue weighted by molar-refractivity contribution is 0.152. The SMILES string of the molecule is CCNC(=NCCCCN1CCN(C)CC1)N1CCN(c2ccccc2F)CC1.I. The molecule has 0 radical (unpaired) electrons. The lowest BCUT2D eigenvalue weighted by atomic mass is 10.2. The van der Waals surface area contributed by atoms with Gasteiger partial charge in [0.2, 0.25) is 0 Å². The third-order valence-corrected chi connectivity index (χ3v) is 5.85. The number of anilines is 1. The van der Waals surface area contributed by atoms with Crippen molar-refractivity contribution in [3.8, 4) is 0 Å². The third-order valence-electron chi connectivity index (χ3n) is 5.85. The van der Waals surface area contributed by atoms with E-state index in [1.807, 2.05) is 12.1 Å². The Hall–Kier alpha value is -1.13.